The van der Waals surface area contributed by atoms with E-state index in [0.29, 0.717) is 0 Å². The first-order valence-electron chi connectivity index (χ1n) is 7.14. The molecule has 2 rings (SSSR count). The monoisotopic (exact) mass is 263 g/mol. The second-order valence-corrected chi connectivity index (χ2v) is 5.54. The van der Waals surface area contributed by atoms with Crippen LogP contribution in [0.25, 0.3) is 0 Å². The summed E-state index contributed by atoms with van der Waals surface area (Å²) < 4.78 is 11.6. The molecule has 2 atom stereocenters. The molecule has 106 valence electrons. The molecule has 2 N–H and O–H groups in total. The van der Waals surface area contributed by atoms with Gasteiger partial charge in [-0.2, -0.15) is 0 Å². The van der Waals surface area contributed by atoms with Gasteiger partial charge in [0, 0.05) is 17.9 Å². The number of ether oxygens (including phenoxy) is 2. The Hall–Kier alpha value is -1.22. The van der Waals surface area contributed by atoms with Crippen LogP contribution in [0.5, 0.6) is 11.5 Å². The van der Waals surface area contributed by atoms with Gasteiger partial charge in [-0.25, -0.2) is 0 Å². The summed E-state index contributed by atoms with van der Waals surface area (Å²) in [5.41, 5.74) is 7.50. The third kappa shape index (κ3) is 2.32. The highest BCUT2D eigenvalue weighted by Gasteiger charge is 2.52. The van der Waals surface area contributed by atoms with E-state index in [0.717, 1.165) is 30.8 Å². The minimum absolute atomic E-state index is 0.121. The van der Waals surface area contributed by atoms with Crippen molar-refractivity contribution in [2.75, 3.05) is 7.11 Å². The van der Waals surface area contributed by atoms with Crippen LogP contribution in [0.4, 0.5) is 0 Å². The Morgan fingerprint density at radius 3 is 2.47 bits per heavy atom. The number of hydrogen-bond donors (Lipinski definition) is 1. The average Bonchev–Trinajstić information content (AvgIpc) is 2.41. The van der Waals surface area contributed by atoms with E-state index in [2.05, 4.69) is 19.9 Å². The fourth-order valence-electron chi connectivity index (χ4n) is 3.20. The van der Waals surface area contributed by atoms with Crippen LogP contribution in [0.15, 0.2) is 18.2 Å². The lowest BCUT2D eigenvalue weighted by molar-refractivity contribution is -0.0730. The normalized spacial score (nSPS) is 24.7. The van der Waals surface area contributed by atoms with E-state index < -0.39 is 0 Å². The maximum atomic E-state index is 6.21. The van der Waals surface area contributed by atoms with Gasteiger partial charge in [0.05, 0.1) is 7.11 Å². The molecule has 0 spiro atoms. The molecule has 1 aromatic carbocycles. The van der Waals surface area contributed by atoms with Gasteiger partial charge in [-0.05, 0) is 37.5 Å². The zero-order valence-corrected chi connectivity index (χ0v) is 12.4. The Morgan fingerprint density at radius 2 is 1.95 bits per heavy atom. The maximum Gasteiger partial charge on any atom is 0.161 e. The van der Waals surface area contributed by atoms with Crippen molar-refractivity contribution in [3.05, 3.63) is 23.8 Å². The van der Waals surface area contributed by atoms with Crippen LogP contribution in [-0.4, -0.2) is 19.3 Å². The highest BCUT2D eigenvalue weighted by molar-refractivity contribution is 5.43. The summed E-state index contributed by atoms with van der Waals surface area (Å²) in [4.78, 5) is 0. The van der Waals surface area contributed by atoms with E-state index in [1.165, 1.54) is 5.56 Å². The second-order valence-electron chi connectivity index (χ2n) is 5.54. The topological polar surface area (TPSA) is 44.5 Å². The highest BCUT2D eigenvalue weighted by Crippen LogP contribution is 2.48. The summed E-state index contributed by atoms with van der Waals surface area (Å²) in [6.45, 7) is 6.45. The quantitative estimate of drug-likeness (QED) is 0.886. The minimum Gasteiger partial charge on any atom is -0.493 e. The minimum atomic E-state index is 0.121. The van der Waals surface area contributed by atoms with Gasteiger partial charge < -0.3 is 15.2 Å². The standard InChI is InChI=1S/C16H25NO2/c1-5-16(6-2)14(17)10-15(16)19-12-8-7-11(3)9-13(12)18-4/h7-9,14-15H,5-6,10,17H2,1-4H3. The number of rotatable bonds is 5. The summed E-state index contributed by atoms with van der Waals surface area (Å²) >= 11 is 0. The molecule has 0 radical (unpaired) electrons. The highest BCUT2D eigenvalue weighted by atomic mass is 16.5. The lowest BCUT2D eigenvalue weighted by Gasteiger charge is -2.53. The zero-order chi connectivity index (χ0) is 14.0. The Morgan fingerprint density at radius 1 is 1.26 bits per heavy atom. The number of benzene rings is 1. The van der Waals surface area contributed by atoms with Crippen LogP contribution in [0, 0.1) is 12.3 Å². The lowest BCUT2D eigenvalue weighted by atomic mass is 9.59. The molecule has 0 saturated heterocycles. The number of nitrogens with two attached hydrogens (primary N) is 1. The molecule has 3 heteroatoms. The van der Waals surface area contributed by atoms with Crippen LogP contribution in [0.3, 0.4) is 0 Å². The van der Waals surface area contributed by atoms with Crippen molar-refractivity contribution in [2.45, 2.75) is 52.2 Å². The van der Waals surface area contributed by atoms with Crippen molar-refractivity contribution < 1.29 is 9.47 Å². The van der Waals surface area contributed by atoms with Gasteiger partial charge in [-0.15, -0.1) is 0 Å². The first-order chi connectivity index (χ1) is 9.07. The van der Waals surface area contributed by atoms with Crippen LogP contribution in [-0.2, 0) is 0 Å². The Balaban J connectivity index is 2.18. The zero-order valence-electron chi connectivity index (χ0n) is 12.4. The van der Waals surface area contributed by atoms with Crippen molar-refractivity contribution in [3.8, 4) is 11.5 Å². The fourth-order valence-corrected chi connectivity index (χ4v) is 3.20. The molecular formula is C16H25NO2. The number of methoxy groups -OCH3 is 1. The van der Waals surface area contributed by atoms with E-state index in [1.54, 1.807) is 7.11 Å². The first kappa shape index (κ1) is 14.2. The molecule has 1 aliphatic rings. The van der Waals surface area contributed by atoms with Gasteiger partial charge in [-0.1, -0.05) is 19.9 Å². The van der Waals surface area contributed by atoms with Crippen molar-refractivity contribution in [2.24, 2.45) is 11.1 Å². The van der Waals surface area contributed by atoms with Gasteiger partial charge in [-0.3, -0.25) is 0 Å². The third-order valence-corrected chi connectivity index (χ3v) is 4.75. The van der Waals surface area contributed by atoms with Crippen molar-refractivity contribution in [3.63, 3.8) is 0 Å². The van der Waals surface area contributed by atoms with Crippen LogP contribution in [0.2, 0.25) is 0 Å². The van der Waals surface area contributed by atoms with Gasteiger partial charge in [0.15, 0.2) is 11.5 Å². The third-order valence-electron chi connectivity index (χ3n) is 4.75. The SMILES string of the molecule is CCC1(CC)C(N)CC1Oc1ccc(C)cc1OC. The summed E-state index contributed by atoms with van der Waals surface area (Å²) in [7, 11) is 1.68. The summed E-state index contributed by atoms with van der Waals surface area (Å²) in [5.74, 6) is 1.64. The molecule has 19 heavy (non-hydrogen) atoms. The molecule has 1 fully saturated rings. The summed E-state index contributed by atoms with van der Waals surface area (Å²) in [5, 5.41) is 0. The molecule has 0 aromatic heterocycles. The maximum absolute atomic E-state index is 6.21. The summed E-state index contributed by atoms with van der Waals surface area (Å²) in [6, 6.07) is 6.31. The van der Waals surface area contributed by atoms with E-state index in [9.17, 15) is 0 Å². The molecule has 1 aliphatic carbocycles. The van der Waals surface area contributed by atoms with Gasteiger partial charge in [0.1, 0.15) is 6.10 Å². The Labute approximate surface area is 116 Å². The summed E-state index contributed by atoms with van der Waals surface area (Å²) in [6.07, 6.45) is 3.25. The molecule has 0 heterocycles. The number of aryl methyl sites for hydroxylation is 1. The average molecular weight is 263 g/mol. The van der Waals surface area contributed by atoms with E-state index in [1.807, 2.05) is 19.1 Å². The van der Waals surface area contributed by atoms with Crippen molar-refractivity contribution >= 4 is 0 Å². The van der Waals surface area contributed by atoms with E-state index in [4.69, 9.17) is 15.2 Å². The molecule has 2 unspecified atom stereocenters. The smallest absolute Gasteiger partial charge is 0.161 e. The second kappa shape index (κ2) is 5.41. The lowest BCUT2D eigenvalue weighted by Crippen LogP contribution is -2.62. The van der Waals surface area contributed by atoms with Crippen molar-refractivity contribution in [1.29, 1.82) is 0 Å². The molecule has 0 bridgehead atoms. The van der Waals surface area contributed by atoms with E-state index in [-0.39, 0.29) is 17.6 Å². The fraction of sp³-hybridized carbons (Fsp3) is 0.625. The van der Waals surface area contributed by atoms with Crippen LogP contribution >= 0.6 is 0 Å². The predicted molar refractivity (Wildman–Crippen MR) is 77.8 cm³/mol. The Bertz CT molecular complexity index is 440. The van der Waals surface area contributed by atoms with Gasteiger partial charge in [0.25, 0.3) is 0 Å². The molecule has 1 saturated carbocycles. The van der Waals surface area contributed by atoms with Gasteiger partial charge >= 0.3 is 0 Å². The Kier molecular flexibility index (Phi) is 4.04. The largest absolute Gasteiger partial charge is 0.493 e. The first-order valence-corrected chi connectivity index (χ1v) is 7.14. The molecule has 0 aliphatic heterocycles. The molecule has 3 nitrogen and oxygen atoms in total. The predicted octanol–water partition coefficient (Wildman–Crippen LogP) is 3.29. The van der Waals surface area contributed by atoms with Crippen molar-refractivity contribution in [1.82, 2.24) is 0 Å². The molecule has 0 amide bonds. The van der Waals surface area contributed by atoms with E-state index >= 15 is 0 Å². The van der Waals surface area contributed by atoms with Crippen LogP contribution in [0.1, 0.15) is 38.7 Å². The molecule has 1 aromatic rings. The van der Waals surface area contributed by atoms with Crippen LogP contribution < -0.4 is 15.2 Å². The van der Waals surface area contributed by atoms with Gasteiger partial charge in [0.2, 0.25) is 0 Å². The number of hydrogen-bond acceptors (Lipinski definition) is 3. The molecular weight excluding hydrogens is 238 g/mol.